The fourth-order valence-electron chi connectivity index (χ4n) is 1.26. The van der Waals surface area contributed by atoms with E-state index in [2.05, 4.69) is 20.5 Å². The van der Waals surface area contributed by atoms with Gasteiger partial charge in [0.25, 0.3) is 5.91 Å². The van der Waals surface area contributed by atoms with Crippen molar-refractivity contribution in [2.45, 2.75) is 6.92 Å². The Balaban J connectivity index is 2.18. The van der Waals surface area contributed by atoms with Crippen molar-refractivity contribution in [1.29, 1.82) is 0 Å². The number of nitrogens with one attached hydrogen (secondary N) is 2. The molecule has 82 valence electrons. The zero-order chi connectivity index (χ0) is 11.5. The number of aromatic amines is 1. The summed E-state index contributed by atoms with van der Waals surface area (Å²) in [5, 5.41) is 8.75. The molecule has 0 aliphatic carbocycles. The molecule has 0 atom stereocenters. The molecule has 0 radical (unpaired) electrons. The van der Waals surface area contributed by atoms with Crippen molar-refractivity contribution < 1.29 is 4.79 Å². The van der Waals surface area contributed by atoms with E-state index in [9.17, 15) is 4.79 Å². The van der Waals surface area contributed by atoms with Crippen molar-refractivity contribution in [3.05, 3.63) is 35.7 Å². The first-order valence-corrected chi connectivity index (χ1v) is 4.69. The third-order valence-corrected chi connectivity index (χ3v) is 2.18. The molecule has 1 aromatic heterocycles. The van der Waals surface area contributed by atoms with Crippen molar-refractivity contribution in [3.8, 4) is 0 Å². The number of rotatable bonds is 2. The summed E-state index contributed by atoms with van der Waals surface area (Å²) in [7, 11) is 0. The Kier molecular flexibility index (Phi) is 2.55. The summed E-state index contributed by atoms with van der Waals surface area (Å²) in [5.41, 5.74) is 7.72. The summed E-state index contributed by atoms with van der Waals surface area (Å²) in [5.74, 6) is 0.0688. The van der Waals surface area contributed by atoms with E-state index in [0.717, 1.165) is 5.56 Å². The van der Waals surface area contributed by atoms with Gasteiger partial charge < -0.3 is 5.73 Å². The van der Waals surface area contributed by atoms with E-state index in [0.29, 0.717) is 17.2 Å². The topological polar surface area (TPSA) is 96.7 Å². The number of nitrogens with two attached hydrogens (primary N) is 1. The molecule has 4 N–H and O–H groups in total. The molecular formula is C10H11N5O. The Labute approximate surface area is 91.9 Å². The summed E-state index contributed by atoms with van der Waals surface area (Å²) in [4.78, 5) is 15.5. The van der Waals surface area contributed by atoms with E-state index in [1.807, 2.05) is 6.92 Å². The molecule has 1 amide bonds. The first kappa shape index (κ1) is 10.2. The number of H-pyrrole nitrogens is 1. The second-order valence-corrected chi connectivity index (χ2v) is 3.36. The quantitative estimate of drug-likeness (QED) is 0.652. The number of hydrogen-bond donors (Lipinski definition) is 3. The van der Waals surface area contributed by atoms with E-state index in [1.54, 1.807) is 18.2 Å². The van der Waals surface area contributed by atoms with E-state index < -0.39 is 0 Å². The van der Waals surface area contributed by atoms with Gasteiger partial charge in [-0.2, -0.15) is 10.1 Å². The maximum Gasteiger partial charge on any atom is 0.258 e. The zero-order valence-corrected chi connectivity index (χ0v) is 8.69. The zero-order valence-electron chi connectivity index (χ0n) is 8.69. The van der Waals surface area contributed by atoms with Gasteiger partial charge in [-0.25, -0.2) is 5.10 Å². The van der Waals surface area contributed by atoms with Gasteiger partial charge in [0.1, 0.15) is 6.33 Å². The maximum absolute atomic E-state index is 11.7. The van der Waals surface area contributed by atoms with Gasteiger partial charge in [0, 0.05) is 11.3 Å². The lowest BCUT2D eigenvalue weighted by Crippen LogP contribution is -2.13. The fourth-order valence-corrected chi connectivity index (χ4v) is 1.26. The van der Waals surface area contributed by atoms with Crippen LogP contribution in [-0.2, 0) is 0 Å². The summed E-state index contributed by atoms with van der Waals surface area (Å²) in [6, 6.07) is 5.08. The molecule has 1 heterocycles. The lowest BCUT2D eigenvalue weighted by Gasteiger charge is -2.04. The Hall–Kier alpha value is -2.37. The molecule has 0 aliphatic heterocycles. The predicted octanol–water partition coefficient (Wildman–Crippen LogP) is 0.948. The number of aryl methyl sites for hydroxylation is 1. The van der Waals surface area contributed by atoms with E-state index in [4.69, 9.17) is 5.73 Å². The van der Waals surface area contributed by atoms with Crippen molar-refractivity contribution in [2.75, 3.05) is 11.1 Å². The lowest BCUT2D eigenvalue weighted by molar-refractivity contribution is 0.102. The maximum atomic E-state index is 11.7. The van der Waals surface area contributed by atoms with Crippen LogP contribution in [0.5, 0.6) is 0 Å². The minimum atomic E-state index is -0.250. The number of nitrogens with zero attached hydrogens (tertiary/aromatic N) is 2. The summed E-state index contributed by atoms with van der Waals surface area (Å²) < 4.78 is 0. The Bertz CT molecular complexity index is 506. The van der Waals surface area contributed by atoms with Crippen molar-refractivity contribution in [3.63, 3.8) is 0 Å². The molecule has 1 aromatic carbocycles. The largest absolute Gasteiger partial charge is 0.399 e. The molecule has 0 saturated carbocycles. The minimum Gasteiger partial charge on any atom is -0.399 e. The van der Waals surface area contributed by atoms with Gasteiger partial charge in [-0.05, 0) is 30.7 Å². The van der Waals surface area contributed by atoms with E-state index >= 15 is 0 Å². The van der Waals surface area contributed by atoms with Gasteiger partial charge in [0.15, 0.2) is 0 Å². The molecule has 6 nitrogen and oxygen atoms in total. The van der Waals surface area contributed by atoms with Gasteiger partial charge in [-0.15, -0.1) is 0 Å². The first-order chi connectivity index (χ1) is 7.66. The third kappa shape index (κ3) is 2.00. The minimum absolute atomic E-state index is 0.250. The van der Waals surface area contributed by atoms with Gasteiger partial charge in [-0.1, -0.05) is 0 Å². The first-order valence-electron chi connectivity index (χ1n) is 4.69. The van der Waals surface area contributed by atoms with Crippen LogP contribution in [0.15, 0.2) is 24.5 Å². The third-order valence-electron chi connectivity index (χ3n) is 2.18. The summed E-state index contributed by atoms with van der Waals surface area (Å²) in [6.45, 7) is 1.85. The Morgan fingerprint density at radius 2 is 2.31 bits per heavy atom. The van der Waals surface area contributed by atoms with E-state index in [-0.39, 0.29) is 5.91 Å². The number of nitrogen functional groups attached to an aromatic ring is 1. The Morgan fingerprint density at radius 3 is 2.94 bits per heavy atom. The highest BCUT2D eigenvalue weighted by atomic mass is 16.1. The highest BCUT2D eigenvalue weighted by Gasteiger charge is 2.08. The van der Waals surface area contributed by atoms with Crippen LogP contribution in [0.1, 0.15) is 15.9 Å². The molecule has 2 rings (SSSR count). The van der Waals surface area contributed by atoms with Gasteiger partial charge in [0.05, 0.1) is 0 Å². The second-order valence-electron chi connectivity index (χ2n) is 3.36. The number of aromatic nitrogens is 3. The molecule has 0 spiro atoms. The van der Waals surface area contributed by atoms with Crippen LogP contribution in [0.4, 0.5) is 11.6 Å². The second kappa shape index (κ2) is 4.01. The summed E-state index contributed by atoms with van der Waals surface area (Å²) in [6.07, 6.45) is 1.32. The van der Waals surface area contributed by atoms with Crippen molar-refractivity contribution in [1.82, 2.24) is 15.2 Å². The molecule has 2 aromatic rings. The van der Waals surface area contributed by atoms with Crippen LogP contribution in [0.3, 0.4) is 0 Å². The van der Waals surface area contributed by atoms with Crippen LogP contribution in [0, 0.1) is 6.92 Å². The van der Waals surface area contributed by atoms with Gasteiger partial charge in [0.2, 0.25) is 5.95 Å². The average Bonchev–Trinajstić information content (AvgIpc) is 2.74. The van der Waals surface area contributed by atoms with Crippen molar-refractivity contribution in [2.24, 2.45) is 0 Å². The molecule has 0 saturated heterocycles. The standard InChI is InChI=1S/C10H11N5O/c1-6-4-7(2-3-8(6)11)9(16)14-10-12-5-13-15-10/h2-5H,11H2,1H3,(H2,12,13,14,15,16). The predicted molar refractivity (Wildman–Crippen MR) is 59.9 cm³/mol. The Morgan fingerprint density at radius 1 is 1.50 bits per heavy atom. The number of amides is 1. The molecule has 6 heteroatoms. The number of carbonyl (C=O) groups excluding carboxylic acids is 1. The van der Waals surface area contributed by atoms with E-state index in [1.165, 1.54) is 6.33 Å². The monoisotopic (exact) mass is 217 g/mol. The SMILES string of the molecule is Cc1cc(C(=O)Nc2ncn[nH]2)ccc1N. The smallest absolute Gasteiger partial charge is 0.258 e. The van der Waals surface area contributed by atoms with Gasteiger partial charge in [-0.3, -0.25) is 10.1 Å². The van der Waals surface area contributed by atoms with Crippen LogP contribution >= 0.6 is 0 Å². The number of carbonyl (C=O) groups is 1. The van der Waals surface area contributed by atoms with Crippen LogP contribution < -0.4 is 11.1 Å². The highest BCUT2D eigenvalue weighted by molar-refractivity contribution is 6.03. The van der Waals surface area contributed by atoms with Crippen LogP contribution in [0.25, 0.3) is 0 Å². The van der Waals surface area contributed by atoms with Crippen molar-refractivity contribution >= 4 is 17.5 Å². The highest BCUT2D eigenvalue weighted by Crippen LogP contribution is 2.13. The summed E-state index contributed by atoms with van der Waals surface area (Å²) >= 11 is 0. The number of benzene rings is 1. The number of anilines is 2. The fraction of sp³-hybridized carbons (Fsp3) is 0.100. The van der Waals surface area contributed by atoms with Gasteiger partial charge >= 0.3 is 0 Å². The average molecular weight is 217 g/mol. The molecule has 0 unspecified atom stereocenters. The molecular weight excluding hydrogens is 206 g/mol. The molecule has 16 heavy (non-hydrogen) atoms. The molecule has 0 bridgehead atoms. The molecule has 0 fully saturated rings. The lowest BCUT2D eigenvalue weighted by atomic mass is 10.1. The van der Waals surface area contributed by atoms with Crippen LogP contribution in [0.2, 0.25) is 0 Å². The number of hydrogen-bond acceptors (Lipinski definition) is 4. The van der Waals surface area contributed by atoms with Crippen LogP contribution in [-0.4, -0.2) is 21.1 Å². The normalized spacial score (nSPS) is 10.1. The molecule has 0 aliphatic rings.